The molecular weight excluding hydrogens is 174 g/mol. The lowest BCUT2D eigenvalue weighted by Crippen LogP contribution is -2.08. The minimum Gasteiger partial charge on any atom is -0.330 e. The molecule has 0 aliphatic carbocycles. The molecular formula is C12H17NO. The van der Waals surface area contributed by atoms with Gasteiger partial charge in [-0.25, -0.2) is 0 Å². The SMILES string of the molecule is CC(C)C(=O)c1cccc(CCN)c1. The smallest absolute Gasteiger partial charge is 0.165 e. The van der Waals surface area contributed by atoms with Gasteiger partial charge in [-0.15, -0.1) is 0 Å². The molecule has 0 aliphatic rings. The molecule has 0 aromatic heterocycles. The van der Waals surface area contributed by atoms with Crippen molar-refractivity contribution in [1.29, 1.82) is 0 Å². The van der Waals surface area contributed by atoms with Crippen molar-refractivity contribution in [2.45, 2.75) is 20.3 Å². The van der Waals surface area contributed by atoms with E-state index in [2.05, 4.69) is 0 Å². The minimum absolute atomic E-state index is 0.0585. The summed E-state index contributed by atoms with van der Waals surface area (Å²) in [5, 5.41) is 0. The van der Waals surface area contributed by atoms with E-state index in [1.165, 1.54) is 0 Å². The van der Waals surface area contributed by atoms with Crippen LogP contribution in [0, 0.1) is 5.92 Å². The Bertz CT molecular complexity index is 318. The molecule has 0 unspecified atom stereocenters. The highest BCUT2D eigenvalue weighted by Crippen LogP contribution is 2.10. The molecule has 0 saturated carbocycles. The van der Waals surface area contributed by atoms with E-state index in [1.807, 2.05) is 38.1 Å². The first-order valence-electron chi connectivity index (χ1n) is 4.98. The molecule has 0 atom stereocenters. The van der Waals surface area contributed by atoms with Gasteiger partial charge in [0.15, 0.2) is 5.78 Å². The fourth-order valence-corrected chi connectivity index (χ4v) is 1.38. The summed E-state index contributed by atoms with van der Waals surface area (Å²) in [5.74, 6) is 0.256. The second-order valence-corrected chi connectivity index (χ2v) is 3.76. The van der Waals surface area contributed by atoms with E-state index in [0.717, 1.165) is 17.5 Å². The quantitative estimate of drug-likeness (QED) is 0.740. The van der Waals surface area contributed by atoms with Crippen molar-refractivity contribution in [2.75, 3.05) is 6.54 Å². The van der Waals surface area contributed by atoms with Crippen LogP contribution in [0.15, 0.2) is 24.3 Å². The van der Waals surface area contributed by atoms with Crippen LogP contribution in [0.4, 0.5) is 0 Å². The van der Waals surface area contributed by atoms with E-state index < -0.39 is 0 Å². The van der Waals surface area contributed by atoms with Gasteiger partial charge in [-0.3, -0.25) is 4.79 Å². The topological polar surface area (TPSA) is 43.1 Å². The van der Waals surface area contributed by atoms with E-state index in [0.29, 0.717) is 6.54 Å². The Kier molecular flexibility index (Phi) is 3.84. The standard InChI is InChI=1S/C12H17NO/c1-9(2)12(14)11-5-3-4-10(8-11)6-7-13/h3-5,8-9H,6-7,13H2,1-2H3. The van der Waals surface area contributed by atoms with Crippen molar-refractivity contribution in [3.8, 4) is 0 Å². The maximum Gasteiger partial charge on any atom is 0.165 e. The summed E-state index contributed by atoms with van der Waals surface area (Å²) in [6.45, 7) is 4.45. The minimum atomic E-state index is 0.0585. The van der Waals surface area contributed by atoms with E-state index >= 15 is 0 Å². The Morgan fingerprint density at radius 2 is 2.14 bits per heavy atom. The van der Waals surface area contributed by atoms with Gasteiger partial charge in [0.2, 0.25) is 0 Å². The average Bonchev–Trinajstić information content (AvgIpc) is 2.17. The highest BCUT2D eigenvalue weighted by Gasteiger charge is 2.09. The molecule has 0 radical (unpaired) electrons. The van der Waals surface area contributed by atoms with Gasteiger partial charge in [-0.1, -0.05) is 32.0 Å². The number of carbonyl (C=O) groups is 1. The fourth-order valence-electron chi connectivity index (χ4n) is 1.38. The number of benzene rings is 1. The summed E-state index contributed by atoms with van der Waals surface area (Å²) in [4.78, 5) is 11.7. The van der Waals surface area contributed by atoms with Crippen LogP contribution in [0.1, 0.15) is 29.8 Å². The molecule has 0 bridgehead atoms. The van der Waals surface area contributed by atoms with Gasteiger partial charge in [-0.05, 0) is 24.6 Å². The Balaban J connectivity index is 2.88. The molecule has 0 amide bonds. The molecule has 0 aliphatic heterocycles. The third-order valence-electron chi connectivity index (χ3n) is 2.17. The first kappa shape index (κ1) is 10.9. The highest BCUT2D eigenvalue weighted by molar-refractivity contribution is 5.97. The van der Waals surface area contributed by atoms with E-state index in [1.54, 1.807) is 0 Å². The number of carbonyl (C=O) groups excluding carboxylic acids is 1. The molecule has 1 aromatic carbocycles. The van der Waals surface area contributed by atoms with E-state index in [-0.39, 0.29) is 11.7 Å². The zero-order chi connectivity index (χ0) is 10.6. The number of ketones is 1. The Labute approximate surface area is 85.1 Å². The zero-order valence-corrected chi connectivity index (χ0v) is 8.79. The van der Waals surface area contributed by atoms with Gasteiger partial charge in [0.05, 0.1) is 0 Å². The molecule has 0 saturated heterocycles. The molecule has 0 spiro atoms. The number of Topliss-reactive ketones (excluding diaryl/α,β-unsaturated/α-hetero) is 1. The van der Waals surface area contributed by atoms with Crippen molar-refractivity contribution in [3.63, 3.8) is 0 Å². The number of hydrogen-bond donors (Lipinski definition) is 1. The Morgan fingerprint density at radius 1 is 1.43 bits per heavy atom. The number of rotatable bonds is 4. The van der Waals surface area contributed by atoms with Gasteiger partial charge in [-0.2, -0.15) is 0 Å². The van der Waals surface area contributed by atoms with E-state index in [4.69, 9.17) is 5.73 Å². The Hall–Kier alpha value is -1.15. The van der Waals surface area contributed by atoms with Gasteiger partial charge < -0.3 is 5.73 Å². The van der Waals surface area contributed by atoms with Crippen molar-refractivity contribution >= 4 is 5.78 Å². The van der Waals surface area contributed by atoms with Crippen molar-refractivity contribution in [1.82, 2.24) is 0 Å². The molecule has 1 aromatic rings. The second kappa shape index (κ2) is 4.91. The van der Waals surface area contributed by atoms with Gasteiger partial charge in [0, 0.05) is 11.5 Å². The summed E-state index contributed by atoms with van der Waals surface area (Å²) >= 11 is 0. The van der Waals surface area contributed by atoms with Crippen LogP contribution in [0.2, 0.25) is 0 Å². The average molecular weight is 191 g/mol. The van der Waals surface area contributed by atoms with Gasteiger partial charge >= 0.3 is 0 Å². The van der Waals surface area contributed by atoms with Crippen molar-refractivity contribution in [3.05, 3.63) is 35.4 Å². The largest absolute Gasteiger partial charge is 0.330 e. The zero-order valence-electron chi connectivity index (χ0n) is 8.79. The normalized spacial score (nSPS) is 10.6. The summed E-state index contributed by atoms with van der Waals surface area (Å²) in [6, 6.07) is 7.72. The molecule has 2 nitrogen and oxygen atoms in total. The maximum atomic E-state index is 11.7. The third kappa shape index (κ3) is 2.67. The molecule has 0 heterocycles. The predicted molar refractivity (Wildman–Crippen MR) is 58.4 cm³/mol. The lowest BCUT2D eigenvalue weighted by Gasteiger charge is -2.05. The molecule has 14 heavy (non-hydrogen) atoms. The third-order valence-corrected chi connectivity index (χ3v) is 2.17. The molecule has 2 N–H and O–H groups in total. The van der Waals surface area contributed by atoms with Crippen LogP contribution >= 0.6 is 0 Å². The summed E-state index contributed by atoms with van der Waals surface area (Å²) in [5.41, 5.74) is 7.40. The van der Waals surface area contributed by atoms with Crippen molar-refractivity contribution in [2.24, 2.45) is 11.7 Å². The van der Waals surface area contributed by atoms with Crippen LogP contribution in [0.3, 0.4) is 0 Å². The molecule has 0 fully saturated rings. The monoisotopic (exact) mass is 191 g/mol. The van der Waals surface area contributed by atoms with Gasteiger partial charge in [0.25, 0.3) is 0 Å². The molecule has 2 heteroatoms. The fraction of sp³-hybridized carbons (Fsp3) is 0.417. The van der Waals surface area contributed by atoms with Gasteiger partial charge in [0.1, 0.15) is 0 Å². The first-order chi connectivity index (χ1) is 6.65. The summed E-state index contributed by atoms with van der Waals surface area (Å²) < 4.78 is 0. The second-order valence-electron chi connectivity index (χ2n) is 3.76. The summed E-state index contributed by atoms with van der Waals surface area (Å²) in [7, 11) is 0. The first-order valence-corrected chi connectivity index (χ1v) is 4.98. The maximum absolute atomic E-state index is 11.7. The van der Waals surface area contributed by atoms with Crippen LogP contribution < -0.4 is 5.73 Å². The van der Waals surface area contributed by atoms with Crippen LogP contribution in [-0.4, -0.2) is 12.3 Å². The van der Waals surface area contributed by atoms with Crippen LogP contribution in [0.5, 0.6) is 0 Å². The number of nitrogens with two attached hydrogens (primary N) is 1. The summed E-state index contributed by atoms with van der Waals surface area (Å²) in [6.07, 6.45) is 0.833. The predicted octanol–water partition coefficient (Wildman–Crippen LogP) is 2.03. The van der Waals surface area contributed by atoms with Crippen molar-refractivity contribution < 1.29 is 4.79 Å². The highest BCUT2D eigenvalue weighted by atomic mass is 16.1. The lowest BCUT2D eigenvalue weighted by atomic mass is 9.99. The van der Waals surface area contributed by atoms with E-state index in [9.17, 15) is 4.79 Å². The molecule has 1 rings (SSSR count). The number of hydrogen-bond acceptors (Lipinski definition) is 2. The Morgan fingerprint density at radius 3 is 2.71 bits per heavy atom. The molecule has 76 valence electrons. The van der Waals surface area contributed by atoms with Crippen LogP contribution in [0.25, 0.3) is 0 Å². The lowest BCUT2D eigenvalue weighted by molar-refractivity contribution is 0.0939. The van der Waals surface area contributed by atoms with Crippen LogP contribution in [-0.2, 0) is 6.42 Å².